The second-order valence-corrected chi connectivity index (χ2v) is 15.0. The van der Waals surface area contributed by atoms with Gasteiger partial charge in [0.2, 0.25) is 0 Å². The smallest absolute Gasteiger partial charge is 0.338 e. The molecular formula is C33H42O13. The van der Waals surface area contributed by atoms with Gasteiger partial charge < -0.3 is 54.0 Å². The summed E-state index contributed by atoms with van der Waals surface area (Å²) in [6, 6.07) is 8.47. The molecule has 8 bridgehead atoms. The number of aliphatic hydroxyl groups is 5. The Morgan fingerprint density at radius 2 is 1.76 bits per heavy atom. The summed E-state index contributed by atoms with van der Waals surface area (Å²) in [4.78, 5) is 26.3. The van der Waals surface area contributed by atoms with E-state index in [2.05, 4.69) is 0 Å². The van der Waals surface area contributed by atoms with Crippen LogP contribution in [0.25, 0.3) is 0 Å². The molecule has 0 radical (unpaired) electrons. The lowest BCUT2D eigenvalue weighted by Crippen LogP contribution is -2.80. The molecule has 4 aliphatic heterocycles. The van der Waals surface area contributed by atoms with Crippen LogP contribution in [0.2, 0.25) is 0 Å². The molecule has 5 aliphatic carbocycles. The lowest BCUT2D eigenvalue weighted by Gasteiger charge is -2.67. The zero-order chi connectivity index (χ0) is 32.4. The summed E-state index contributed by atoms with van der Waals surface area (Å²) < 4.78 is 36.4. The molecule has 46 heavy (non-hydrogen) atoms. The van der Waals surface area contributed by atoms with E-state index in [0.29, 0.717) is 5.56 Å². The van der Waals surface area contributed by atoms with E-state index in [4.69, 9.17) is 28.4 Å². The van der Waals surface area contributed by atoms with Crippen molar-refractivity contribution in [3.8, 4) is 0 Å². The van der Waals surface area contributed by atoms with Gasteiger partial charge in [0.1, 0.15) is 48.8 Å². The minimum absolute atomic E-state index is 0.00749. The van der Waals surface area contributed by atoms with Crippen LogP contribution in [-0.2, 0) is 33.2 Å². The predicted molar refractivity (Wildman–Crippen MR) is 152 cm³/mol. The Morgan fingerprint density at radius 1 is 1.00 bits per heavy atom. The van der Waals surface area contributed by atoms with Gasteiger partial charge in [0, 0.05) is 18.9 Å². The summed E-state index contributed by atoms with van der Waals surface area (Å²) >= 11 is 0. The number of aliphatic hydroxyl groups excluding tert-OH is 4. The van der Waals surface area contributed by atoms with Crippen LogP contribution in [-0.4, -0.2) is 111 Å². The van der Waals surface area contributed by atoms with Crippen LogP contribution in [0, 0.1) is 34.5 Å². The van der Waals surface area contributed by atoms with Crippen molar-refractivity contribution >= 4 is 11.9 Å². The molecule has 252 valence electrons. The number of carbonyl (C=O) groups is 2. The van der Waals surface area contributed by atoms with Crippen LogP contribution < -0.4 is 0 Å². The van der Waals surface area contributed by atoms with Gasteiger partial charge in [-0.15, -0.1) is 0 Å². The molecule has 15 atom stereocenters. The van der Waals surface area contributed by atoms with Crippen molar-refractivity contribution in [2.75, 3.05) is 19.8 Å². The predicted octanol–water partition coefficient (Wildman–Crippen LogP) is 0.238. The summed E-state index contributed by atoms with van der Waals surface area (Å²) in [5, 5.41) is 54.0. The van der Waals surface area contributed by atoms with Crippen LogP contribution in [0.5, 0.6) is 0 Å². The van der Waals surface area contributed by atoms with Crippen LogP contribution in [0.3, 0.4) is 0 Å². The fraction of sp³-hybridized carbons (Fsp3) is 0.758. The molecule has 5 saturated carbocycles. The first kappa shape index (κ1) is 31.1. The minimum atomic E-state index is -1.69. The van der Waals surface area contributed by atoms with Crippen LogP contribution in [0.4, 0.5) is 0 Å². The molecule has 9 aliphatic rings. The number of benzene rings is 1. The van der Waals surface area contributed by atoms with Gasteiger partial charge in [-0.25, -0.2) is 4.79 Å². The number of fused-ring (bicyclic) bond motifs is 2. The van der Waals surface area contributed by atoms with Crippen molar-refractivity contribution in [1.29, 1.82) is 0 Å². The molecule has 0 aromatic heterocycles. The number of hydrogen-bond donors (Lipinski definition) is 5. The highest BCUT2D eigenvalue weighted by Crippen LogP contribution is 2.81. The number of rotatable bonds is 9. The molecule has 2 unspecified atom stereocenters. The zero-order valence-corrected chi connectivity index (χ0v) is 25.8. The summed E-state index contributed by atoms with van der Waals surface area (Å²) in [7, 11) is 0. The van der Waals surface area contributed by atoms with Crippen LogP contribution in [0.15, 0.2) is 30.3 Å². The molecule has 4 heterocycles. The van der Waals surface area contributed by atoms with Crippen LogP contribution >= 0.6 is 0 Å². The van der Waals surface area contributed by atoms with E-state index in [-0.39, 0.29) is 43.8 Å². The average molecular weight is 647 g/mol. The first-order valence-electron chi connectivity index (χ1n) is 16.3. The molecule has 1 aromatic rings. The van der Waals surface area contributed by atoms with E-state index in [1.807, 2.05) is 6.92 Å². The Balaban J connectivity index is 1.01. The van der Waals surface area contributed by atoms with Crippen molar-refractivity contribution in [3.05, 3.63) is 35.9 Å². The summed E-state index contributed by atoms with van der Waals surface area (Å²) in [6.07, 6.45) is -5.82. The third kappa shape index (κ3) is 3.77. The standard InChI is InChI=1S/C33H42O13/c1-29-14-32(40)21-11-33(29,31(21,28(45-29)46-32)15-42-25(38)16-6-4-3-5-7-16)44-26-24(37)23(36)22(35)20(43-26)13-41-27(39)30(2)18-9-8-17(12-34)19(30)10-18/h3-7,17-24,26,28,34-37,40H,8-15H2,1-2H3/t17-,18-,19-,20-,21?,22-,23+,24-,26+,28-,29+,30+,31?,32-,33+/m1/s1. The molecule has 0 spiro atoms. The Morgan fingerprint density at radius 3 is 2.48 bits per heavy atom. The monoisotopic (exact) mass is 646 g/mol. The summed E-state index contributed by atoms with van der Waals surface area (Å²) in [6.45, 7) is 3.03. The Bertz CT molecular complexity index is 1410. The number of carbonyl (C=O) groups excluding carboxylic acids is 2. The van der Waals surface area contributed by atoms with E-state index in [1.165, 1.54) is 0 Å². The van der Waals surface area contributed by atoms with E-state index >= 15 is 0 Å². The fourth-order valence-electron chi connectivity index (χ4n) is 10.4. The van der Waals surface area contributed by atoms with Gasteiger partial charge in [0.25, 0.3) is 0 Å². The minimum Gasteiger partial charge on any atom is -0.462 e. The highest BCUT2D eigenvalue weighted by Gasteiger charge is 2.94. The van der Waals surface area contributed by atoms with Crippen molar-refractivity contribution in [1.82, 2.24) is 0 Å². The lowest BCUT2D eigenvalue weighted by atomic mass is 9.41. The molecule has 13 nitrogen and oxygen atoms in total. The molecule has 4 saturated heterocycles. The number of hydrogen-bond acceptors (Lipinski definition) is 13. The van der Waals surface area contributed by atoms with Crippen LogP contribution in [0.1, 0.15) is 56.3 Å². The van der Waals surface area contributed by atoms with Gasteiger partial charge in [-0.3, -0.25) is 4.79 Å². The Hall–Kier alpha value is -2.20. The second kappa shape index (κ2) is 10.2. The maximum Gasteiger partial charge on any atom is 0.338 e. The van der Waals surface area contributed by atoms with Gasteiger partial charge in [0.15, 0.2) is 18.4 Å². The highest BCUT2D eigenvalue weighted by atomic mass is 16.8. The SMILES string of the molecule is C[C@]1(C(=O)OC[C@H]2O[C@@H](O[C@]34CC5C3(COC(=O)c3ccccc3)[C@H]3O[C@]5(O)C[C@]4(C)O3)[C@H](O)[C@@H](O)[C@@H]2O)[C@@H]2CC[C@H](CO)[C@H]1C2. The maximum absolute atomic E-state index is 13.4. The third-order valence-electron chi connectivity index (χ3n) is 13.1. The van der Waals surface area contributed by atoms with E-state index < -0.39 is 89.3 Å². The number of ether oxygens (including phenoxy) is 6. The van der Waals surface area contributed by atoms with Crippen molar-refractivity contribution < 1.29 is 63.5 Å². The van der Waals surface area contributed by atoms with Gasteiger partial charge in [-0.2, -0.15) is 0 Å². The normalized spacial score (nSPS) is 52.5. The quantitative estimate of drug-likeness (QED) is 0.230. The lowest BCUT2D eigenvalue weighted by molar-refractivity contribution is -0.424. The molecule has 10 rings (SSSR count). The summed E-state index contributed by atoms with van der Waals surface area (Å²) in [5.41, 5.74) is -3.95. The van der Waals surface area contributed by atoms with E-state index in [9.17, 15) is 35.1 Å². The van der Waals surface area contributed by atoms with Gasteiger partial charge in [-0.1, -0.05) is 18.2 Å². The van der Waals surface area contributed by atoms with E-state index in [1.54, 1.807) is 37.3 Å². The van der Waals surface area contributed by atoms with Crippen molar-refractivity contribution in [2.24, 2.45) is 34.5 Å². The molecule has 1 aromatic carbocycles. The van der Waals surface area contributed by atoms with E-state index in [0.717, 1.165) is 19.3 Å². The van der Waals surface area contributed by atoms with Gasteiger partial charge in [0.05, 0.1) is 16.4 Å². The Kier molecular flexibility index (Phi) is 6.87. The topological polar surface area (TPSA) is 191 Å². The molecule has 0 amide bonds. The first-order valence-corrected chi connectivity index (χ1v) is 16.3. The highest BCUT2D eigenvalue weighted by molar-refractivity contribution is 5.89. The third-order valence-corrected chi connectivity index (χ3v) is 13.1. The van der Waals surface area contributed by atoms with Gasteiger partial charge >= 0.3 is 11.9 Å². The summed E-state index contributed by atoms with van der Waals surface area (Å²) in [5.74, 6) is -2.87. The first-order chi connectivity index (χ1) is 21.8. The largest absolute Gasteiger partial charge is 0.462 e. The second-order valence-electron chi connectivity index (χ2n) is 15.0. The fourth-order valence-corrected chi connectivity index (χ4v) is 10.4. The zero-order valence-electron chi connectivity index (χ0n) is 25.8. The van der Waals surface area contributed by atoms with Crippen molar-refractivity contribution in [3.63, 3.8) is 0 Å². The Labute approximate surface area is 265 Å². The van der Waals surface area contributed by atoms with Gasteiger partial charge in [-0.05, 0) is 69.4 Å². The van der Waals surface area contributed by atoms with Crippen molar-refractivity contribution in [2.45, 2.75) is 99.9 Å². The molecular weight excluding hydrogens is 604 g/mol. The average Bonchev–Trinajstić information content (AvgIpc) is 3.24. The number of esters is 2. The molecule has 13 heteroatoms. The molecule has 9 fully saturated rings. The molecule has 5 N–H and O–H groups in total. The maximum atomic E-state index is 13.4.